The number of carbonyl (C=O) groups is 1. The number of rotatable bonds is 2. The van der Waals surface area contributed by atoms with E-state index in [0.717, 1.165) is 45.4 Å². The molecular weight excluding hydrogens is 250 g/mol. The molecule has 0 aromatic heterocycles. The van der Waals surface area contributed by atoms with Crippen LogP contribution in [0, 0.1) is 5.92 Å². The molecule has 1 aliphatic carbocycles. The fraction of sp³-hybridized carbons (Fsp3) is 0.923. The second-order valence-corrected chi connectivity index (χ2v) is 5.60. The van der Waals surface area contributed by atoms with Crippen molar-refractivity contribution in [2.75, 3.05) is 33.2 Å². The van der Waals surface area contributed by atoms with Crippen molar-refractivity contribution in [2.45, 2.75) is 38.1 Å². The normalized spacial score (nSPS) is 29.8. The summed E-state index contributed by atoms with van der Waals surface area (Å²) in [5.41, 5.74) is 6.03. The second kappa shape index (κ2) is 7.31. The highest BCUT2D eigenvalue weighted by molar-refractivity contribution is 5.85. The molecule has 2 aliphatic rings. The van der Waals surface area contributed by atoms with E-state index in [1.165, 1.54) is 6.42 Å². The Bertz CT molecular complexity index is 275. The van der Waals surface area contributed by atoms with Gasteiger partial charge in [-0.2, -0.15) is 0 Å². The lowest BCUT2D eigenvalue weighted by atomic mass is 9.99. The van der Waals surface area contributed by atoms with Crippen molar-refractivity contribution in [2.24, 2.45) is 11.7 Å². The molecule has 0 spiro atoms. The van der Waals surface area contributed by atoms with Crippen molar-refractivity contribution < 1.29 is 4.79 Å². The van der Waals surface area contributed by atoms with Crippen molar-refractivity contribution in [1.29, 1.82) is 0 Å². The molecule has 1 heterocycles. The number of nitrogens with zero attached hydrogens (tertiary/aromatic N) is 2. The molecule has 1 amide bonds. The number of hydrogen-bond acceptors (Lipinski definition) is 3. The standard InChI is InChI=1S/C13H25N3O.ClH/c1-15-6-3-7-16(9-8-15)13(17)10-11-4-2-5-12(11)14;/h11-12H,2-10,14H2,1H3;1H/t11-,12+;/m0./s1. The van der Waals surface area contributed by atoms with E-state index in [2.05, 4.69) is 11.9 Å². The van der Waals surface area contributed by atoms with E-state index < -0.39 is 0 Å². The van der Waals surface area contributed by atoms with Crippen LogP contribution in [-0.4, -0.2) is 55.0 Å². The van der Waals surface area contributed by atoms with E-state index >= 15 is 0 Å². The summed E-state index contributed by atoms with van der Waals surface area (Å²) >= 11 is 0. The molecule has 2 rings (SSSR count). The Labute approximate surface area is 116 Å². The van der Waals surface area contributed by atoms with Crippen LogP contribution in [0.15, 0.2) is 0 Å². The van der Waals surface area contributed by atoms with E-state index in [1.54, 1.807) is 0 Å². The van der Waals surface area contributed by atoms with Crippen LogP contribution in [0.3, 0.4) is 0 Å². The Kier molecular flexibility index (Phi) is 6.39. The Balaban J connectivity index is 0.00000162. The quantitative estimate of drug-likeness (QED) is 0.821. The SMILES string of the molecule is CN1CCCN(C(=O)C[C@@H]2CCC[C@H]2N)CC1.Cl. The third kappa shape index (κ3) is 4.11. The van der Waals surface area contributed by atoms with Gasteiger partial charge in [0.2, 0.25) is 5.91 Å². The average Bonchev–Trinajstić information content (AvgIpc) is 2.57. The van der Waals surface area contributed by atoms with E-state index in [1.807, 2.05) is 4.90 Å². The smallest absolute Gasteiger partial charge is 0.222 e. The lowest BCUT2D eigenvalue weighted by Crippen LogP contribution is -2.37. The highest BCUT2D eigenvalue weighted by Gasteiger charge is 2.28. The maximum absolute atomic E-state index is 12.2. The lowest BCUT2D eigenvalue weighted by Gasteiger charge is -2.23. The first-order chi connectivity index (χ1) is 8.16. The van der Waals surface area contributed by atoms with Gasteiger partial charge >= 0.3 is 0 Å². The minimum atomic E-state index is 0. The van der Waals surface area contributed by atoms with Gasteiger partial charge in [0.25, 0.3) is 0 Å². The maximum Gasteiger partial charge on any atom is 0.222 e. The summed E-state index contributed by atoms with van der Waals surface area (Å²) in [5.74, 6) is 0.756. The van der Waals surface area contributed by atoms with Gasteiger partial charge in [-0.15, -0.1) is 12.4 Å². The summed E-state index contributed by atoms with van der Waals surface area (Å²) < 4.78 is 0. The number of carbonyl (C=O) groups excluding carboxylic acids is 1. The first kappa shape index (κ1) is 15.7. The Morgan fingerprint density at radius 3 is 2.61 bits per heavy atom. The van der Waals surface area contributed by atoms with Gasteiger partial charge in [-0.1, -0.05) is 6.42 Å². The zero-order valence-electron chi connectivity index (χ0n) is 11.3. The first-order valence-corrected chi connectivity index (χ1v) is 6.88. The van der Waals surface area contributed by atoms with Crippen molar-refractivity contribution >= 4 is 18.3 Å². The fourth-order valence-electron chi connectivity index (χ4n) is 2.97. The van der Waals surface area contributed by atoms with Crippen LogP contribution >= 0.6 is 12.4 Å². The van der Waals surface area contributed by atoms with E-state index in [4.69, 9.17) is 5.73 Å². The number of amides is 1. The number of nitrogens with two attached hydrogens (primary N) is 1. The van der Waals surface area contributed by atoms with Crippen LogP contribution in [-0.2, 0) is 4.79 Å². The summed E-state index contributed by atoms with van der Waals surface area (Å²) in [6.07, 6.45) is 5.20. The van der Waals surface area contributed by atoms with Crippen LogP contribution in [0.1, 0.15) is 32.1 Å². The van der Waals surface area contributed by atoms with Crippen LogP contribution in [0.4, 0.5) is 0 Å². The summed E-state index contributed by atoms with van der Waals surface area (Å²) in [6, 6.07) is 0.258. The minimum Gasteiger partial charge on any atom is -0.341 e. The van der Waals surface area contributed by atoms with Crippen LogP contribution in [0.25, 0.3) is 0 Å². The highest BCUT2D eigenvalue weighted by Crippen LogP contribution is 2.27. The largest absolute Gasteiger partial charge is 0.341 e. The molecule has 18 heavy (non-hydrogen) atoms. The second-order valence-electron chi connectivity index (χ2n) is 5.60. The molecule has 2 fully saturated rings. The van der Waals surface area contributed by atoms with E-state index in [0.29, 0.717) is 18.2 Å². The molecule has 0 aromatic rings. The number of hydrogen-bond donors (Lipinski definition) is 1. The molecule has 1 aliphatic heterocycles. The van der Waals surface area contributed by atoms with Crippen LogP contribution in [0.5, 0.6) is 0 Å². The zero-order chi connectivity index (χ0) is 12.3. The van der Waals surface area contributed by atoms with Gasteiger partial charge in [-0.25, -0.2) is 0 Å². The first-order valence-electron chi connectivity index (χ1n) is 6.88. The van der Waals surface area contributed by atoms with Gasteiger partial charge in [0, 0.05) is 32.1 Å². The lowest BCUT2D eigenvalue weighted by molar-refractivity contribution is -0.132. The van der Waals surface area contributed by atoms with Crippen molar-refractivity contribution in [3.63, 3.8) is 0 Å². The average molecular weight is 276 g/mol. The van der Waals surface area contributed by atoms with Gasteiger partial charge < -0.3 is 15.5 Å². The van der Waals surface area contributed by atoms with Gasteiger partial charge in [-0.05, 0) is 38.8 Å². The molecule has 106 valence electrons. The highest BCUT2D eigenvalue weighted by atomic mass is 35.5. The molecule has 2 N–H and O–H groups in total. The third-order valence-corrected chi connectivity index (χ3v) is 4.23. The molecule has 0 bridgehead atoms. The molecule has 1 saturated heterocycles. The molecule has 1 saturated carbocycles. The van der Waals surface area contributed by atoms with Crippen molar-refractivity contribution in [3.8, 4) is 0 Å². The van der Waals surface area contributed by atoms with Gasteiger partial charge in [0.05, 0.1) is 0 Å². The van der Waals surface area contributed by atoms with Crippen LogP contribution in [0.2, 0.25) is 0 Å². The van der Waals surface area contributed by atoms with Crippen molar-refractivity contribution in [3.05, 3.63) is 0 Å². The maximum atomic E-state index is 12.2. The Morgan fingerprint density at radius 2 is 1.94 bits per heavy atom. The van der Waals surface area contributed by atoms with E-state index in [9.17, 15) is 4.79 Å². The summed E-state index contributed by atoms with van der Waals surface area (Å²) in [4.78, 5) is 16.5. The molecule has 0 unspecified atom stereocenters. The number of likely N-dealkylation sites (N-methyl/N-ethyl adjacent to an activating group) is 1. The monoisotopic (exact) mass is 275 g/mol. The molecule has 0 radical (unpaired) electrons. The summed E-state index contributed by atoms with van der Waals surface area (Å²) in [7, 11) is 2.13. The molecule has 0 aromatic carbocycles. The van der Waals surface area contributed by atoms with Gasteiger partial charge in [0.15, 0.2) is 0 Å². The Morgan fingerprint density at radius 1 is 1.17 bits per heavy atom. The van der Waals surface area contributed by atoms with Gasteiger partial charge in [0.1, 0.15) is 0 Å². The summed E-state index contributed by atoms with van der Waals surface area (Å²) in [6.45, 7) is 3.91. The molecule has 5 heteroatoms. The fourth-order valence-corrected chi connectivity index (χ4v) is 2.97. The molecule has 4 nitrogen and oxygen atoms in total. The van der Waals surface area contributed by atoms with E-state index in [-0.39, 0.29) is 18.4 Å². The molecule has 2 atom stereocenters. The van der Waals surface area contributed by atoms with Crippen molar-refractivity contribution in [1.82, 2.24) is 9.80 Å². The van der Waals surface area contributed by atoms with Crippen LogP contribution < -0.4 is 5.73 Å². The predicted molar refractivity (Wildman–Crippen MR) is 75.9 cm³/mol. The van der Waals surface area contributed by atoms with Gasteiger partial charge in [-0.3, -0.25) is 4.79 Å². The topological polar surface area (TPSA) is 49.6 Å². The zero-order valence-corrected chi connectivity index (χ0v) is 12.1. The molecular formula is C13H26ClN3O. The number of halogens is 1. The summed E-state index contributed by atoms with van der Waals surface area (Å²) in [5, 5.41) is 0. The Hall–Kier alpha value is -0.320. The third-order valence-electron chi connectivity index (χ3n) is 4.23. The minimum absolute atomic E-state index is 0. The predicted octanol–water partition coefficient (Wildman–Crippen LogP) is 1.09.